The predicted octanol–water partition coefficient (Wildman–Crippen LogP) is 3.81. The lowest BCUT2D eigenvalue weighted by Crippen LogP contribution is -2.34. The second-order valence-corrected chi connectivity index (χ2v) is 5.66. The Kier molecular flexibility index (Phi) is 4.27. The van der Waals surface area contributed by atoms with Gasteiger partial charge in [0.25, 0.3) is 0 Å². The smallest absolute Gasteiger partial charge is 0.107 e. The van der Waals surface area contributed by atoms with Gasteiger partial charge in [-0.25, -0.2) is 0 Å². The molecule has 1 aliphatic rings. The third-order valence-corrected chi connectivity index (χ3v) is 4.00. The van der Waals surface area contributed by atoms with Gasteiger partial charge in [-0.05, 0) is 63.9 Å². The standard InChI is InChI=1S/C15H25NO/c1-12-6-9-16(10-7-12)11-8-13(2)15-5-4-14(3)17-15/h4-5,12-13H,6-11H2,1-3H3/t13-/m0/s1. The third kappa shape index (κ3) is 3.60. The van der Waals surface area contributed by atoms with Gasteiger partial charge in [0.1, 0.15) is 11.5 Å². The van der Waals surface area contributed by atoms with Gasteiger partial charge in [0.05, 0.1) is 0 Å². The topological polar surface area (TPSA) is 16.4 Å². The van der Waals surface area contributed by atoms with E-state index in [1.54, 1.807) is 0 Å². The summed E-state index contributed by atoms with van der Waals surface area (Å²) in [4.78, 5) is 2.60. The van der Waals surface area contributed by atoms with Crippen molar-refractivity contribution in [2.45, 2.75) is 46.0 Å². The van der Waals surface area contributed by atoms with E-state index in [4.69, 9.17) is 4.42 Å². The molecule has 2 rings (SSSR count). The lowest BCUT2D eigenvalue weighted by atomic mass is 9.98. The van der Waals surface area contributed by atoms with Gasteiger partial charge >= 0.3 is 0 Å². The first kappa shape index (κ1) is 12.7. The Balaban J connectivity index is 1.74. The lowest BCUT2D eigenvalue weighted by molar-refractivity contribution is 0.186. The van der Waals surface area contributed by atoms with E-state index < -0.39 is 0 Å². The summed E-state index contributed by atoms with van der Waals surface area (Å²) in [6.45, 7) is 10.4. The average molecular weight is 235 g/mol. The largest absolute Gasteiger partial charge is 0.466 e. The highest BCUT2D eigenvalue weighted by Gasteiger charge is 2.17. The van der Waals surface area contributed by atoms with Crippen molar-refractivity contribution >= 4 is 0 Å². The van der Waals surface area contributed by atoms with Gasteiger partial charge in [-0.2, -0.15) is 0 Å². The molecule has 0 spiro atoms. The molecule has 2 heteroatoms. The van der Waals surface area contributed by atoms with Crippen molar-refractivity contribution in [2.75, 3.05) is 19.6 Å². The van der Waals surface area contributed by atoms with Crippen molar-refractivity contribution < 1.29 is 4.42 Å². The Morgan fingerprint density at radius 2 is 2.06 bits per heavy atom. The summed E-state index contributed by atoms with van der Waals surface area (Å²) in [5.74, 6) is 3.64. The quantitative estimate of drug-likeness (QED) is 0.789. The lowest BCUT2D eigenvalue weighted by Gasteiger charge is -2.30. The van der Waals surface area contributed by atoms with Crippen molar-refractivity contribution in [1.29, 1.82) is 0 Å². The van der Waals surface area contributed by atoms with Crippen molar-refractivity contribution in [3.63, 3.8) is 0 Å². The van der Waals surface area contributed by atoms with E-state index in [0.29, 0.717) is 5.92 Å². The molecule has 0 saturated carbocycles. The Bertz CT molecular complexity index is 336. The minimum absolute atomic E-state index is 0.544. The van der Waals surface area contributed by atoms with Gasteiger partial charge in [0.2, 0.25) is 0 Å². The molecular weight excluding hydrogens is 210 g/mol. The number of likely N-dealkylation sites (tertiary alicyclic amines) is 1. The van der Waals surface area contributed by atoms with Crippen LogP contribution in [0.4, 0.5) is 0 Å². The van der Waals surface area contributed by atoms with Crippen molar-refractivity contribution in [1.82, 2.24) is 4.90 Å². The van der Waals surface area contributed by atoms with Crippen LogP contribution >= 0.6 is 0 Å². The molecule has 0 unspecified atom stereocenters. The van der Waals surface area contributed by atoms with E-state index >= 15 is 0 Å². The maximum absolute atomic E-state index is 5.68. The van der Waals surface area contributed by atoms with Crippen LogP contribution in [0.25, 0.3) is 0 Å². The predicted molar refractivity (Wildman–Crippen MR) is 71.3 cm³/mol. The number of piperidine rings is 1. The summed E-state index contributed by atoms with van der Waals surface area (Å²) in [6, 6.07) is 4.19. The van der Waals surface area contributed by atoms with E-state index in [1.807, 2.05) is 6.92 Å². The molecule has 0 amide bonds. The summed E-state index contributed by atoms with van der Waals surface area (Å²) in [6.07, 6.45) is 3.95. The SMILES string of the molecule is Cc1ccc([C@@H](C)CCN2CCC(C)CC2)o1. The van der Waals surface area contributed by atoms with Gasteiger partial charge in [-0.1, -0.05) is 13.8 Å². The van der Waals surface area contributed by atoms with Crippen LogP contribution in [-0.4, -0.2) is 24.5 Å². The number of aryl methyl sites for hydroxylation is 1. The van der Waals surface area contributed by atoms with Crippen LogP contribution in [0.1, 0.15) is 50.5 Å². The summed E-state index contributed by atoms with van der Waals surface area (Å²) >= 11 is 0. The highest BCUT2D eigenvalue weighted by atomic mass is 16.3. The van der Waals surface area contributed by atoms with Gasteiger partial charge in [-0.3, -0.25) is 0 Å². The fourth-order valence-corrected chi connectivity index (χ4v) is 2.52. The second kappa shape index (κ2) is 5.72. The molecule has 1 aromatic heterocycles. The molecule has 1 atom stereocenters. The maximum atomic E-state index is 5.68. The zero-order chi connectivity index (χ0) is 12.3. The number of furan rings is 1. The molecule has 1 aromatic rings. The van der Waals surface area contributed by atoms with Crippen molar-refractivity contribution in [3.8, 4) is 0 Å². The van der Waals surface area contributed by atoms with Gasteiger partial charge < -0.3 is 9.32 Å². The van der Waals surface area contributed by atoms with Crippen LogP contribution < -0.4 is 0 Å². The second-order valence-electron chi connectivity index (χ2n) is 5.66. The molecule has 1 aliphatic heterocycles. The van der Waals surface area contributed by atoms with Gasteiger partial charge in [0, 0.05) is 5.92 Å². The summed E-state index contributed by atoms with van der Waals surface area (Å²) in [5, 5.41) is 0. The molecule has 2 nitrogen and oxygen atoms in total. The molecule has 0 radical (unpaired) electrons. The van der Waals surface area contributed by atoms with E-state index in [9.17, 15) is 0 Å². The molecule has 96 valence electrons. The molecule has 2 heterocycles. The number of nitrogens with zero attached hydrogens (tertiary/aromatic N) is 1. The molecule has 0 aromatic carbocycles. The zero-order valence-electron chi connectivity index (χ0n) is 11.4. The first-order valence-corrected chi connectivity index (χ1v) is 6.94. The van der Waals surface area contributed by atoms with E-state index in [-0.39, 0.29) is 0 Å². The maximum Gasteiger partial charge on any atom is 0.107 e. The minimum atomic E-state index is 0.544. The molecule has 0 bridgehead atoms. The average Bonchev–Trinajstić information content (AvgIpc) is 2.75. The van der Waals surface area contributed by atoms with E-state index in [2.05, 4.69) is 30.9 Å². The highest BCUT2D eigenvalue weighted by molar-refractivity contribution is 5.09. The molecular formula is C15H25NO. The first-order chi connectivity index (χ1) is 8.15. The number of hydrogen-bond donors (Lipinski definition) is 0. The Labute approximate surface area is 105 Å². The van der Waals surface area contributed by atoms with Crippen LogP contribution in [0.2, 0.25) is 0 Å². The molecule has 1 saturated heterocycles. The van der Waals surface area contributed by atoms with Crippen LogP contribution in [-0.2, 0) is 0 Å². The molecule has 0 N–H and O–H groups in total. The van der Waals surface area contributed by atoms with Crippen LogP contribution in [0.5, 0.6) is 0 Å². The minimum Gasteiger partial charge on any atom is -0.466 e. The van der Waals surface area contributed by atoms with Crippen LogP contribution in [0.15, 0.2) is 16.5 Å². The highest BCUT2D eigenvalue weighted by Crippen LogP contribution is 2.23. The Hall–Kier alpha value is -0.760. The third-order valence-electron chi connectivity index (χ3n) is 4.00. The monoisotopic (exact) mass is 235 g/mol. The van der Waals surface area contributed by atoms with E-state index in [1.165, 1.54) is 38.9 Å². The van der Waals surface area contributed by atoms with E-state index in [0.717, 1.165) is 17.4 Å². The number of rotatable bonds is 4. The van der Waals surface area contributed by atoms with Gasteiger partial charge in [0.15, 0.2) is 0 Å². The van der Waals surface area contributed by atoms with Crippen molar-refractivity contribution in [3.05, 3.63) is 23.7 Å². The molecule has 1 fully saturated rings. The molecule has 0 aliphatic carbocycles. The van der Waals surface area contributed by atoms with Crippen molar-refractivity contribution in [2.24, 2.45) is 5.92 Å². The summed E-state index contributed by atoms with van der Waals surface area (Å²) < 4.78 is 5.68. The molecule has 17 heavy (non-hydrogen) atoms. The Morgan fingerprint density at radius 1 is 1.35 bits per heavy atom. The fraction of sp³-hybridized carbons (Fsp3) is 0.733. The zero-order valence-corrected chi connectivity index (χ0v) is 11.4. The summed E-state index contributed by atoms with van der Waals surface area (Å²) in [5.41, 5.74) is 0. The Morgan fingerprint density at radius 3 is 2.65 bits per heavy atom. The normalized spacial score (nSPS) is 20.6. The van der Waals surface area contributed by atoms with Crippen LogP contribution in [0.3, 0.4) is 0 Å². The summed E-state index contributed by atoms with van der Waals surface area (Å²) in [7, 11) is 0. The fourth-order valence-electron chi connectivity index (χ4n) is 2.52. The number of hydrogen-bond acceptors (Lipinski definition) is 2. The van der Waals surface area contributed by atoms with Gasteiger partial charge in [-0.15, -0.1) is 0 Å². The van der Waals surface area contributed by atoms with Crippen LogP contribution in [0, 0.1) is 12.8 Å². The first-order valence-electron chi connectivity index (χ1n) is 6.94.